The molecule has 0 spiro atoms. The standard InChI is InChI=1S/C12H16N2O5/c1-6(15)14-5-10(16)11(17)8-3-2-7(13)4-9(8)12(18)19/h2-4,10-11,16-17H,5,13H2,1H3,(H,14,15)(H,18,19). The molecule has 2 atom stereocenters. The Kier molecular flexibility index (Phi) is 4.85. The van der Waals surface area contributed by atoms with E-state index in [1.54, 1.807) is 0 Å². The summed E-state index contributed by atoms with van der Waals surface area (Å²) < 4.78 is 0. The number of hydrogen-bond acceptors (Lipinski definition) is 5. The summed E-state index contributed by atoms with van der Waals surface area (Å²) >= 11 is 0. The molecule has 0 aliphatic carbocycles. The van der Waals surface area contributed by atoms with Gasteiger partial charge in [0.2, 0.25) is 5.91 Å². The van der Waals surface area contributed by atoms with E-state index in [0.717, 1.165) is 0 Å². The van der Waals surface area contributed by atoms with E-state index in [1.807, 2.05) is 0 Å². The van der Waals surface area contributed by atoms with E-state index in [9.17, 15) is 19.8 Å². The van der Waals surface area contributed by atoms with E-state index in [1.165, 1.54) is 25.1 Å². The third kappa shape index (κ3) is 3.94. The molecule has 1 rings (SSSR count). The fourth-order valence-electron chi connectivity index (χ4n) is 1.58. The molecule has 1 amide bonds. The second-order valence-corrected chi connectivity index (χ2v) is 4.10. The fraction of sp³-hybridized carbons (Fsp3) is 0.333. The van der Waals surface area contributed by atoms with Crippen LogP contribution in [0.15, 0.2) is 18.2 Å². The van der Waals surface area contributed by atoms with Gasteiger partial charge in [-0.25, -0.2) is 4.79 Å². The van der Waals surface area contributed by atoms with Crippen molar-refractivity contribution in [3.8, 4) is 0 Å². The lowest BCUT2D eigenvalue weighted by Gasteiger charge is -2.20. The van der Waals surface area contributed by atoms with Gasteiger partial charge in [0, 0.05) is 19.2 Å². The number of nitrogen functional groups attached to an aromatic ring is 1. The van der Waals surface area contributed by atoms with Gasteiger partial charge in [-0.2, -0.15) is 0 Å². The SMILES string of the molecule is CC(=O)NCC(O)C(O)c1ccc(N)cc1C(=O)O. The van der Waals surface area contributed by atoms with Gasteiger partial charge in [0.25, 0.3) is 0 Å². The molecule has 0 aromatic heterocycles. The summed E-state index contributed by atoms with van der Waals surface area (Å²) in [6, 6.07) is 3.96. The van der Waals surface area contributed by atoms with Crippen LogP contribution in [0.5, 0.6) is 0 Å². The Balaban J connectivity index is 2.95. The van der Waals surface area contributed by atoms with Crippen molar-refractivity contribution in [1.29, 1.82) is 0 Å². The van der Waals surface area contributed by atoms with Crippen molar-refractivity contribution in [2.45, 2.75) is 19.1 Å². The second-order valence-electron chi connectivity index (χ2n) is 4.10. The predicted octanol–water partition coefficient (Wildman–Crippen LogP) is -0.503. The summed E-state index contributed by atoms with van der Waals surface area (Å²) in [4.78, 5) is 21.8. The Labute approximate surface area is 109 Å². The van der Waals surface area contributed by atoms with Crippen molar-refractivity contribution < 1.29 is 24.9 Å². The number of anilines is 1. The maximum absolute atomic E-state index is 11.0. The minimum Gasteiger partial charge on any atom is -0.478 e. The minimum atomic E-state index is -1.43. The molecule has 7 heteroatoms. The van der Waals surface area contributed by atoms with Crippen molar-refractivity contribution in [3.63, 3.8) is 0 Å². The monoisotopic (exact) mass is 268 g/mol. The first-order valence-electron chi connectivity index (χ1n) is 5.56. The van der Waals surface area contributed by atoms with Gasteiger partial charge >= 0.3 is 5.97 Å². The van der Waals surface area contributed by atoms with Crippen LogP contribution in [0.25, 0.3) is 0 Å². The molecule has 0 saturated heterocycles. The zero-order chi connectivity index (χ0) is 14.6. The number of rotatable bonds is 5. The van der Waals surface area contributed by atoms with Crippen LogP contribution >= 0.6 is 0 Å². The number of hydrogen-bond donors (Lipinski definition) is 5. The smallest absolute Gasteiger partial charge is 0.336 e. The van der Waals surface area contributed by atoms with Gasteiger partial charge in [-0.15, -0.1) is 0 Å². The molecule has 0 aliphatic rings. The molecule has 0 saturated carbocycles. The molecule has 2 unspecified atom stereocenters. The van der Waals surface area contributed by atoms with Crippen LogP contribution in [0.2, 0.25) is 0 Å². The topological polar surface area (TPSA) is 133 Å². The van der Waals surface area contributed by atoms with Gasteiger partial charge in [0.15, 0.2) is 0 Å². The molecular formula is C12H16N2O5. The molecule has 0 bridgehead atoms. The first-order chi connectivity index (χ1) is 8.82. The molecule has 1 aromatic carbocycles. The number of carbonyl (C=O) groups excluding carboxylic acids is 1. The highest BCUT2D eigenvalue weighted by Gasteiger charge is 2.23. The van der Waals surface area contributed by atoms with Crippen molar-refractivity contribution in [2.24, 2.45) is 0 Å². The van der Waals surface area contributed by atoms with Crippen LogP contribution in [0.3, 0.4) is 0 Å². The van der Waals surface area contributed by atoms with Crippen molar-refractivity contribution in [1.82, 2.24) is 5.32 Å². The number of aliphatic hydroxyl groups is 2. The van der Waals surface area contributed by atoms with E-state index in [-0.39, 0.29) is 29.3 Å². The summed E-state index contributed by atoms with van der Waals surface area (Å²) in [6.45, 7) is 1.09. The van der Waals surface area contributed by atoms with Gasteiger partial charge in [-0.05, 0) is 17.7 Å². The van der Waals surface area contributed by atoms with Crippen LogP contribution in [0.1, 0.15) is 28.9 Å². The van der Waals surface area contributed by atoms with Crippen LogP contribution in [0, 0.1) is 0 Å². The quantitative estimate of drug-likeness (QED) is 0.457. The lowest BCUT2D eigenvalue weighted by Crippen LogP contribution is -2.34. The Hall–Kier alpha value is -2.12. The molecular weight excluding hydrogens is 252 g/mol. The first-order valence-corrected chi connectivity index (χ1v) is 5.56. The molecule has 0 radical (unpaired) electrons. The van der Waals surface area contributed by atoms with Gasteiger partial charge in [-0.3, -0.25) is 4.79 Å². The summed E-state index contributed by atoms with van der Waals surface area (Å²) in [5, 5.41) is 31.0. The maximum Gasteiger partial charge on any atom is 0.336 e. The van der Waals surface area contributed by atoms with E-state index in [2.05, 4.69) is 5.32 Å². The van der Waals surface area contributed by atoms with Gasteiger partial charge < -0.3 is 26.4 Å². The molecule has 104 valence electrons. The first kappa shape index (κ1) is 14.9. The summed E-state index contributed by atoms with van der Waals surface area (Å²) in [6.07, 6.45) is -2.75. The lowest BCUT2D eigenvalue weighted by atomic mass is 9.98. The van der Waals surface area contributed by atoms with Crippen LogP contribution in [-0.2, 0) is 4.79 Å². The Morgan fingerprint density at radius 3 is 2.53 bits per heavy atom. The van der Waals surface area contributed by atoms with E-state index in [4.69, 9.17) is 10.8 Å². The third-order valence-electron chi connectivity index (χ3n) is 2.55. The highest BCUT2D eigenvalue weighted by molar-refractivity contribution is 5.90. The average Bonchev–Trinajstić information content (AvgIpc) is 2.34. The summed E-state index contributed by atoms with van der Waals surface area (Å²) in [5.41, 5.74) is 5.57. The normalized spacial score (nSPS) is 13.6. The zero-order valence-electron chi connectivity index (χ0n) is 10.3. The van der Waals surface area contributed by atoms with E-state index >= 15 is 0 Å². The molecule has 0 fully saturated rings. The Morgan fingerprint density at radius 2 is 2.00 bits per heavy atom. The van der Waals surface area contributed by atoms with Gasteiger partial charge in [0.1, 0.15) is 12.2 Å². The second kappa shape index (κ2) is 6.17. The Bertz CT molecular complexity index is 489. The maximum atomic E-state index is 11.0. The average molecular weight is 268 g/mol. The summed E-state index contributed by atoms with van der Waals surface area (Å²) in [7, 11) is 0. The minimum absolute atomic E-state index is 0.0413. The van der Waals surface area contributed by atoms with Crippen LogP contribution in [0.4, 0.5) is 5.69 Å². The van der Waals surface area contributed by atoms with Crippen LogP contribution in [-0.4, -0.2) is 39.8 Å². The van der Waals surface area contributed by atoms with E-state index in [0.29, 0.717) is 0 Å². The largest absolute Gasteiger partial charge is 0.478 e. The molecule has 7 nitrogen and oxygen atoms in total. The summed E-state index contributed by atoms with van der Waals surface area (Å²) in [5.74, 6) is -1.62. The number of nitrogens with one attached hydrogen (secondary N) is 1. The third-order valence-corrected chi connectivity index (χ3v) is 2.55. The number of aliphatic hydroxyl groups excluding tert-OH is 2. The number of nitrogens with two attached hydrogens (primary N) is 1. The number of amides is 1. The number of carbonyl (C=O) groups is 2. The highest BCUT2D eigenvalue weighted by Crippen LogP contribution is 2.23. The van der Waals surface area contributed by atoms with Crippen molar-refractivity contribution in [3.05, 3.63) is 29.3 Å². The molecule has 0 heterocycles. The molecule has 1 aromatic rings. The van der Waals surface area contributed by atoms with Crippen LogP contribution < -0.4 is 11.1 Å². The zero-order valence-corrected chi connectivity index (χ0v) is 10.3. The van der Waals surface area contributed by atoms with Gasteiger partial charge in [0.05, 0.1) is 5.56 Å². The molecule has 0 aliphatic heterocycles. The van der Waals surface area contributed by atoms with Crippen molar-refractivity contribution in [2.75, 3.05) is 12.3 Å². The molecule has 19 heavy (non-hydrogen) atoms. The van der Waals surface area contributed by atoms with Gasteiger partial charge in [-0.1, -0.05) is 6.07 Å². The number of carboxylic acids is 1. The predicted molar refractivity (Wildman–Crippen MR) is 67.5 cm³/mol. The highest BCUT2D eigenvalue weighted by atomic mass is 16.4. The fourth-order valence-corrected chi connectivity index (χ4v) is 1.58. The Morgan fingerprint density at radius 1 is 1.37 bits per heavy atom. The van der Waals surface area contributed by atoms with Crippen molar-refractivity contribution >= 4 is 17.6 Å². The number of aromatic carboxylic acids is 1. The number of benzene rings is 1. The van der Waals surface area contributed by atoms with E-state index < -0.39 is 18.2 Å². The number of carboxylic acid groups (broad SMARTS) is 1. The molecule has 6 N–H and O–H groups in total. The lowest BCUT2D eigenvalue weighted by molar-refractivity contribution is -0.119.